The zero-order valence-corrected chi connectivity index (χ0v) is 15.7. The highest BCUT2D eigenvalue weighted by atomic mass is 19.3. The summed E-state index contributed by atoms with van der Waals surface area (Å²) in [7, 11) is 0. The highest BCUT2D eigenvalue weighted by molar-refractivity contribution is 5.94. The molecule has 0 spiro atoms. The molecule has 3 rings (SSSR count). The number of hydrogen-bond acceptors (Lipinski definition) is 3. The van der Waals surface area contributed by atoms with Crippen LogP contribution in [0.4, 0.5) is 8.78 Å². The van der Waals surface area contributed by atoms with Crippen LogP contribution < -0.4 is 0 Å². The summed E-state index contributed by atoms with van der Waals surface area (Å²) in [6.45, 7) is 3.15. The first kappa shape index (κ1) is 19.5. The molecule has 0 N–H and O–H groups in total. The lowest BCUT2D eigenvalue weighted by molar-refractivity contribution is 0.00211. The minimum Gasteiger partial charge on any atom is -0.376 e. The molecule has 0 saturated carbocycles. The van der Waals surface area contributed by atoms with Gasteiger partial charge >= 0.3 is 6.55 Å². The molecule has 1 aliphatic rings. The van der Waals surface area contributed by atoms with E-state index in [1.165, 1.54) is 6.20 Å². The van der Waals surface area contributed by atoms with E-state index in [-0.39, 0.29) is 12.0 Å². The number of piperidine rings is 1. The van der Waals surface area contributed by atoms with Crippen LogP contribution in [-0.2, 0) is 4.74 Å². The second kappa shape index (κ2) is 8.61. The number of carbonyl (C=O) groups is 1. The van der Waals surface area contributed by atoms with E-state index in [0.29, 0.717) is 34.7 Å². The highest BCUT2D eigenvalue weighted by Gasteiger charge is 2.25. The van der Waals surface area contributed by atoms with Gasteiger partial charge < -0.3 is 9.64 Å². The molecule has 2 heterocycles. The standard InChI is InChI=1S/C20H25F2N3O2/c1-3-11-27-17-5-4-10-24(12-17)19(26)16-8-6-15(7-9-16)18-13-25(20(21)22)23-14(18)2/h6-9,13,17,20H,3-5,10-12H2,1-2H3/t17-/m1/s1. The number of aromatic nitrogens is 2. The molecule has 0 radical (unpaired) electrons. The number of likely N-dealkylation sites (tertiary alicyclic amines) is 1. The number of hydrogen-bond donors (Lipinski definition) is 0. The molecule has 27 heavy (non-hydrogen) atoms. The van der Waals surface area contributed by atoms with Gasteiger partial charge in [0, 0.05) is 37.0 Å². The third kappa shape index (κ3) is 4.53. The lowest BCUT2D eigenvalue weighted by atomic mass is 10.0. The predicted octanol–water partition coefficient (Wildman–Crippen LogP) is 4.28. The van der Waals surface area contributed by atoms with E-state index in [4.69, 9.17) is 4.74 Å². The summed E-state index contributed by atoms with van der Waals surface area (Å²) >= 11 is 0. The molecule has 1 aromatic heterocycles. The number of halogens is 2. The molecule has 0 aliphatic carbocycles. The van der Waals surface area contributed by atoms with Crippen LogP contribution in [0.25, 0.3) is 11.1 Å². The van der Waals surface area contributed by atoms with Crippen LogP contribution in [0, 0.1) is 6.92 Å². The van der Waals surface area contributed by atoms with Crippen LogP contribution in [0.3, 0.4) is 0 Å². The van der Waals surface area contributed by atoms with Crippen molar-refractivity contribution in [1.29, 1.82) is 0 Å². The summed E-state index contributed by atoms with van der Waals surface area (Å²) in [5, 5.41) is 3.83. The number of benzene rings is 1. The van der Waals surface area contributed by atoms with Gasteiger partial charge in [0.25, 0.3) is 5.91 Å². The number of ether oxygens (including phenoxy) is 1. The third-order valence-corrected chi connectivity index (χ3v) is 4.78. The summed E-state index contributed by atoms with van der Waals surface area (Å²) < 4.78 is 32.0. The van der Waals surface area contributed by atoms with Crippen molar-refractivity contribution in [3.8, 4) is 11.1 Å². The minimum absolute atomic E-state index is 0.0219. The Hall–Kier alpha value is -2.28. The Balaban J connectivity index is 1.70. The lowest BCUT2D eigenvalue weighted by Crippen LogP contribution is -2.43. The Labute approximate surface area is 157 Å². The van der Waals surface area contributed by atoms with E-state index >= 15 is 0 Å². The maximum absolute atomic E-state index is 12.8. The van der Waals surface area contributed by atoms with Gasteiger partial charge in [0.1, 0.15) is 0 Å². The Morgan fingerprint density at radius 2 is 2.07 bits per heavy atom. The average molecular weight is 377 g/mol. The van der Waals surface area contributed by atoms with Gasteiger partial charge in [-0.3, -0.25) is 4.79 Å². The molecule has 0 unspecified atom stereocenters. The highest BCUT2D eigenvalue weighted by Crippen LogP contribution is 2.25. The molecule has 146 valence electrons. The van der Waals surface area contributed by atoms with Crippen molar-refractivity contribution in [2.45, 2.75) is 45.8 Å². The van der Waals surface area contributed by atoms with Crippen LogP contribution in [-0.4, -0.2) is 46.4 Å². The molecule has 2 aromatic rings. The van der Waals surface area contributed by atoms with Gasteiger partial charge in [-0.25, -0.2) is 4.68 Å². The van der Waals surface area contributed by atoms with E-state index < -0.39 is 6.55 Å². The van der Waals surface area contributed by atoms with Crippen molar-refractivity contribution in [1.82, 2.24) is 14.7 Å². The van der Waals surface area contributed by atoms with Crippen molar-refractivity contribution in [2.75, 3.05) is 19.7 Å². The summed E-state index contributed by atoms with van der Waals surface area (Å²) in [6.07, 6.45) is 4.31. The van der Waals surface area contributed by atoms with Gasteiger partial charge in [-0.2, -0.15) is 13.9 Å². The molecule has 5 nitrogen and oxygen atoms in total. The Morgan fingerprint density at radius 3 is 2.70 bits per heavy atom. The first-order valence-corrected chi connectivity index (χ1v) is 9.34. The van der Waals surface area contributed by atoms with E-state index in [1.807, 2.05) is 4.90 Å². The van der Waals surface area contributed by atoms with Gasteiger partial charge in [0.05, 0.1) is 11.8 Å². The maximum Gasteiger partial charge on any atom is 0.333 e. The number of aryl methyl sites for hydroxylation is 1. The van der Waals surface area contributed by atoms with Crippen LogP contribution in [0.2, 0.25) is 0 Å². The predicted molar refractivity (Wildman–Crippen MR) is 98.8 cm³/mol. The molecule has 1 atom stereocenters. The number of alkyl halides is 2. The van der Waals surface area contributed by atoms with E-state index in [1.54, 1.807) is 31.2 Å². The van der Waals surface area contributed by atoms with Crippen molar-refractivity contribution >= 4 is 5.91 Å². The second-order valence-electron chi connectivity index (χ2n) is 6.85. The molecule has 0 bridgehead atoms. The Bertz CT molecular complexity index is 774. The molecule has 1 aliphatic heterocycles. The average Bonchev–Trinajstić information content (AvgIpc) is 3.08. The molecule has 1 amide bonds. The first-order valence-electron chi connectivity index (χ1n) is 9.34. The van der Waals surface area contributed by atoms with Gasteiger partial charge in [0.15, 0.2) is 0 Å². The number of nitrogens with zero attached hydrogens (tertiary/aromatic N) is 3. The normalized spacial score (nSPS) is 17.5. The van der Waals surface area contributed by atoms with Crippen LogP contribution in [0.15, 0.2) is 30.5 Å². The van der Waals surface area contributed by atoms with E-state index in [9.17, 15) is 13.6 Å². The molecule has 7 heteroatoms. The van der Waals surface area contributed by atoms with Gasteiger partial charge in [-0.05, 0) is 43.9 Å². The van der Waals surface area contributed by atoms with Gasteiger partial charge in [0.2, 0.25) is 0 Å². The Kier molecular flexibility index (Phi) is 6.21. The van der Waals surface area contributed by atoms with Crippen molar-refractivity contribution in [3.63, 3.8) is 0 Å². The summed E-state index contributed by atoms with van der Waals surface area (Å²) in [5.74, 6) is -0.0219. The van der Waals surface area contributed by atoms with E-state index in [0.717, 1.165) is 31.4 Å². The fourth-order valence-corrected chi connectivity index (χ4v) is 3.38. The molecule has 1 saturated heterocycles. The first-order chi connectivity index (χ1) is 13.0. The van der Waals surface area contributed by atoms with Crippen LogP contribution in [0.5, 0.6) is 0 Å². The minimum atomic E-state index is -2.67. The molecule has 1 aromatic carbocycles. The molecular weight excluding hydrogens is 352 g/mol. The summed E-state index contributed by atoms with van der Waals surface area (Å²) in [6, 6.07) is 7.05. The van der Waals surface area contributed by atoms with Crippen molar-refractivity contribution in [3.05, 3.63) is 41.7 Å². The Morgan fingerprint density at radius 1 is 1.33 bits per heavy atom. The SMILES string of the molecule is CCCO[C@@H]1CCCN(C(=O)c2ccc(-c3cn(C(F)F)nc3C)cc2)C1. The smallest absolute Gasteiger partial charge is 0.333 e. The largest absolute Gasteiger partial charge is 0.376 e. The number of amides is 1. The number of carbonyl (C=O) groups excluding carboxylic acids is 1. The summed E-state index contributed by atoms with van der Waals surface area (Å²) in [5.41, 5.74) is 2.52. The third-order valence-electron chi connectivity index (χ3n) is 4.78. The molecular formula is C20H25F2N3O2. The van der Waals surface area contributed by atoms with Crippen molar-refractivity contribution < 1.29 is 18.3 Å². The topological polar surface area (TPSA) is 47.4 Å². The fourth-order valence-electron chi connectivity index (χ4n) is 3.38. The zero-order chi connectivity index (χ0) is 19.4. The van der Waals surface area contributed by atoms with E-state index in [2.05, 4.69) is 12.0 Å². The summed E-state index contributed by atoms with van der Waals surface area (Å²) in [4.78, 5) is 14.6. The quantitative estimate of drug-likeness (QED) is 0.755. The van der Waals surface area contributed by atoms with Gasteiger partial charge in [-0.15, -0.1) is 0 Å². The van der Waals surface area contributed by atoms with Crippen molar-refractivity contribution in [2.24, 2.45) is 0 Å². The van der Waals surface area contributed by atoms with Crippen LogP contribution in [0.1, 0.15) is 48.8 Å². The second-order valence-corrected chi connectivity index (χ2v) is 6.85. The number of rotatable bonds is 6. The lowest BCUT2D eigenvalue weighted by Gasteiger charge is -2.32. The zero-order valence-electron chi connectivity index (χ0n) is 15.7. The maximum atomic E-state index is 12.8. The van der Waals surface area contributed by atoms with Gasteiger partial charge in [-0.1, -0.05) is 19.1 Å². The fraction of sp³-hybridized carbons (Fsp3) is 0.500. The van der Waals surface area contributed by atoms with Crippen LogP contribution >= 0.6 is 0 Å². The monoisotopic (exact) mass is 377 g/mol. The molecule has 1 fully saturated rings.